The summed E-state index contributed by atoms with van der Waals surface area (Å²) >= 11 is 4.61. The van der Waals surface area contributed by atoms with E-state index in [2.05, 4.69) is 27.0 Å². The van der Waals surface area contributed by atoms with Gasteiger partial charge in [-0.25, -0.2) is 9.79 Å². The molecule has 0 amide bonds. The second kappa shape index (κ2) is 6.34. The molecule has 0 spiro atoms. The van der Waals surface area contributed by atoms with Gasteiger partial charge in [0.1, 0.15) is 16.8 Å². The molecule has 0 saturated heterocycles. The number of carbonyl (C=O) groups is 1. The van der Waals surface area contributed by atoms with E-state index in [1.165, 1.54) is 18.9 Å². The van der Waals surface area contributed by atoms with Crippen LogP contribution in [0.4, 0.5) is 0 Å². The Hall–Kier alpha value is -2.24. The second-order valence-corrected chi connectivity index (χ2v) is 7.03. The number of hydrogen-bond donors (Lipinski definition) is 1. The summed E-state index contributed by atoms with van der Waals surface area (Å²) in [6, 6.07) is 9.16. The van der Waals surface area contributed by atoms with E-state index in [1.807, 2.05) is 24.3 Å². The summed E-state index contributed by atoms with van der Waals surface area (Å²) < 4.78 is 5.87. The molecule has 1 aromatic rings. The minimum atomic E-state index is -0.489. The number of amidine groups is 1. The fourth-order valence-electron chi connectivity index (χ4n) is 2.67. The third kappa shape index (κ3) is 2.60. The summed E-state index contributed by atoms with van der Waals surface area (Å²) in [6.07, 6.45) is 0. The van der Waals surface area contributed by atoms with Crippen LogP contribution >= 0.6 is 27.7 Å². The first kappa shape index (κ1) is 16.6. The number of aliphatic imine (C=N–C) groups is 1. The van der Waals surface area contributed by atoms with Crippen molar-refractivity contribution in [3.63, 3.8) is 0 Å². The molecule has 1 atom stereocenters. The SMILES string of the molecule is COC(=O)C1=C(C)N=C2SC(C#N)=C(N)N2[C@H]1c1ccc(Br)cc1. The number of nitrogens with zero attached hydrogens (tertiary/aromatic N) is 3. The summed E-state index contributed by atoms with van der Waals surface area (Å²) in [5.41, 5.74) is 7.97. The van der Waals surface area contributed by atoms with Crippen molar-refractivity contribution >= 4 is 38.8 Å². The zero-order valence-corrected chi connectivity index (χ0v) is 15.3. The van der Waals surface area contributed by atoms with E-state index in [9.17, 15) is 10.1 Å². The Bertz CT molecular complexity index is 852. The van der Waals surface area contributed by atoms with Crippen molar-refractivity contribution < 1.29 is 9.53 Å². The summed E-state index contributed by atoms with van der Waals surface area (Å²) in [7, 11) is 1.33. The topological polar surface area (TPSA) is 91.7 Å². The molecule has 8 heteroatoms. The number of fused-ring (bicyclic) bond motifs is 1. The van der Waals surface area contributed by atoms with E-state index in [0.29, 0.717) is 27.2 Å². The van der Waals surface area contributed by atoms with Gasteiger partial charge < -0.3 is 10.5 Å². The van der Waals surface area contributed by atoms with E-state index in [1.54, 1.807) is 11.8 Å². The molecule has 0 aliphatic carbocycles. The van der Waals surface area contributed by atoms with Crippen LogP contribution in [0, 0.1) is 11.3 Å². The standard InChI is InChI=1S/C16H13BrN4O2S/c1-8-12(15(22)23-2)13(9-3-5-10(17)6-4-9)21-14(19)11(7-18)24-16(21)20-8/h3-6,13H,19H2,1-2H3/t13-/m0/s1. The molecule has 2 N–H and O–H groups in total. The smallest absolute Gasteiger partial charge is 0.338 e. The van der Waals surface area contributed by atoms with Crippen molar-refractivity contribution in [1.82, 2.24) is 4.90 Å². The molecule has 2 aliphatic heterocycles. The normalized spacial score (nSPS) is 19.8. The number of nitriles is 1. The van der Waals surface area contributed by atoms with Gasteiger partial charge in [0, 0.05) is 4.47 Å². The molecule has 2 heterocycles. The fraction of sp³-hybridized carbons (Fsp3) is 0.188. The van der Waals surface area contributed by atoms with Crippen molar-refractivity contribution in [3.8, 4) is 6.07 Å². The van der Waals surface area contributed by atoms with E-state index in [-0.39, 0.29) is 0 Å². The molecule has 0 bridgehead atoms. The van der Waals surface area contributed by atoms with Crippen LogP contribution in [0.3, 0.4) is 0 Å². The number of halogens is 1. The first-order valence-electron chi connectivity index (χ1n) is 6.98. The number of esters is 1. The fourth-order valence-corrected chi connectivity index (χ4v) is 3.85. The van der Waals surface area contributed by atoms with Crippen molar-refractivity contribution in [2.24, 2.45) is 10.7 Å². The van der Waals surface area contributed by atoms with Gasteiger partial charge in [0.05, 0.1) is 24.4 Å². The molecule has 3 rings (SSSR count). The Morgan fingerprint density at radius 3 is 2.71 bits per heavy atom. The van der Waals surface area contributed by atoms with Gasteiger partial charge in [-0.05, 0) is 36.4 Å². The minimum absolute atomic E-state index is 0.295. The third-order valence-corrected chi connectivity index (χ3v) is 5.27. The van der Waals surface area contributed by atoms with E-state index >= 15 is 0 Å². The van der Waals surface area contributed by atoms with Crippen LogP contribution in [0.25, 0.3) is 0 Å². The van der Waals surface area contributed by atoms with Gasteiger partial charge >= 0.3 is 5.97 Å². The summed E-state index contributed by atoms with van der Waals surface area (Å²) in [5, 5.41) is 9.85. The van der Waals surface area contributed by atoms with E-state index in [0.717, 1.165) is 10.0 Å². The minimum Gasteiger partial charge on any atom is -0.466 e. The highest BCUT2D eigenvalue weighted by molar-refractivity contribution is 9.10. The lowest BCUT2D eigenvalue weighted by Crippen LogP contribution is -2.38. The van der Waals surface area contributed by atoms with Crippen LogP contribution in [0.15, 0.2) is 55.7 Å². The number of hydrogen-bond acceptors (Lipinski definition) is 7. The molecule has 0 unspecified atom stereocenters. The molecule has 24 heavy (non-hydrogen) atoms. The van der Waals surface area contributed by atoms with Gasteiger partial charge in [0.25, 0.3) is 0 Å². The van der Waals surface area contributed by atoms with Crippen molar-refractivity contribution in [2.75, 3.05) is 7.11 Å². The van der Waals surface area contributed by atoms with E-state index < -0.39 is 12.0 Å². The molecule has 122 valence electrons. The summed E-state index contributed by atoms with van der Waals surface area (Å²) in [4.78, 5) is 18.9. The molecule has 6 nitrogen and oxygen atoms in total. The van der Waals surface area contributed by atoms with Crippen LogP contribution < -0.4 is 5.73 Å². The lowest BCUT2D eigenvalue weighted by molar-refractivity contribution is -0.136. The van der Waals surface area contributed by atoms with E-state index in [4.69, 9.17) is 10.5 Å². The van der Waals surface area contributed by atoms with Gasteiger partial charge in [0.15, 0.2) is 5.17 Å². The number of benzene rings is 1. The highest BCUT2D eigenvalue weighted by atomic mass is 79.9. The summed E-state index contributed by atoms with van der Waals surface area (Å²) in [6.45, 7) is 1.75. The molecule has 0 saturated carbocycles. The van der Waals surface area contributed by atoms with Crippen LogP contribution in [-0.4, -0.2) is 23.1 Å². The Kier molecular flexibility index (Phi) is 4.39. The number of nitrogens with two attached hydrogens (primary N) is 1. The predicted octanol–water partition coefficient (Wildman–Crippen LogP) is 3.01. The van der Waals surface area contributed by atoms with Crippen LogP contribution in [0.5, 0.6) is 0 Å². The van der Waals surface area contributed by atoms with Crippen molar-refractivity contribution in [2.45, 2.75) is 13.0 Å². The maximum atomic E-state index is 12.4. The lowest BCUT2D eigenvalue weighted by atomic mass is 9.94. The lowest BCUT2D eigenvalue weighted by Gasteiger charge is -2.34. The van der Waals surface area contributed by atoms with Crippen molar-refractivity contribution in [1.29, 1.82) is 5.26 Å². The largest absolute Gasteiger partial charge is 0.466 e. The Balaban J connectivity index is 2.20. The molecule has 0 radical (unpaired) electrons. The Morgan fingerprint density at radius 1 is 1.46 bits per heavy atom. The number of methoxy groups -OCH3 is 1. The number of allylic oxidation sites excluding steroid dienone is 2. The Labute approximate surface area is 151 Å². The van der Waals surface area contributed by atoms with Crippen LogP contribution in [0.1, 0.15) is 18.5 Å². The highest BCUT2D eigenvalue weighted by Gasteiger charge is 2.42. The van der Waals surface area contributed by atoms with Gasteiger partial charge in [0.2, 0.25) is 0 Å². The zero-order valence-electron chi connectivity index (χ0n) is 12.9. The zero-order chi connectivity index (χ0) is 17.4. The number of ether oxygens (including phenoxy) is 1. The van der Waals surface area contributed by atoms with Gasteiger partial charge in [-0.15, -0.1) is 0 Å². The van der Waals surface area contributed by atoms with Crippen LogP contribution in [-0.2, 0) is 9.53 Å². The Morgan fingerprint density at radius 2 is 2.12 bits per heavy atom. The molecule has 1 aromatic carbocycles. The molecule has 2 aliphatic rings. The van der Waals surface area contributed by atoms with Gasteiger partial charge in [-0.1, -0.05) is 28.1 Å². The molecular weight excluding hydrogens is 392 g/mol. The number of thioether (sulfide) groups is 1. The average Bonchev–Trinajstić information content (AvgIpc) is 2.89. The maximum Gasteiger partial charge on any atom is 0.338 e. The van der Waals surface area contributed by atoms with Gasteiger partial charge in [-0.3, -0.25) is 4.90 Å². The molecule has 0 fully saturated rings. The maximum absolute atomic E-state index is 12.4. The molecule has 0 aromatic heterocycles. The number of carbonyl (C=O) groups excluding carboxylic acids is 1. The predicted molar refractivity (Wildman–Crippen MR) is 95.3 cm³/mol. The first-order valence-corrected chi connectivity index (χ1v) is 8.59. The average molecular weight is 405 g/mol. The van der Waals surface area contributed by atoms with Crippen molar-refractivity contribution in [3.05, 3.63) is 56.3 Å². The van der Waals surface area contributed by atoms with Gasteiger partial charge in [-0.2, -0.15) is 5.26 Å². The quantitative estimate of drug-likeness (QED) is 0.761. The summed E-state index contributed by atoms with van der Waals surface area (Å²) in [5.74, 6) is -0.172. The number of rotatable bonds is 2. The first-order chi connectivity index (χ1) is 11.5. The highest BCUT2D eigenvalue weighted by Crippen LogP contribution is 2.45. The third-order valence-electron chi connectivity index (χ3n) is 3.77. The molecular formula is C16H13BrN4O2S. The second-order valence-electron chi connectivity index (χ2n) is 5.14. The van der Waals surface area contributed by atoms with Crippen LogP contribution in [0.2, 0.25) is 0 Å². The monoisotopic (exact) mass is 404 g/mol.